The summed E-state index contributed by atoms with van der Waals surface area (Å²) in [4.78, 5) is 18.1. The Balaban J connectivity index is 0.00000392. The van der Waals surface area contributed by atoms with E-state index < -0.39 is 0 Å². The maximum Gasteiger partial charge on any atom is 0.241 e. The fourth-order valence-corrected chi connectivity index (χ4v) is 2.87. The molecule has 0 heterocycles. The van der Waals surface area contributed by atoms with Gasteiger partial charge in [-0.15, -0.1) is 24.0 Å². The third-order valence-electron chi connectivity index (χ3n) is 4.61. The van der Waals surface area contributed by atoms with Crippen LogP contribution in [0.3, 0.4) is 0 Å². The molecule has 0 aromatic heterocycles. The van der Waals surface area contributed by atoms with Crippen LogP contribution in [0.25, 0.3) is 0 Å². The molecule has 1 aliphatic carbocycles. The lowest BCUT2D eigenvalue weighted by atomic mass is 9.97. The molecular weight excluding hydrogens is 467 g/mol. The first-order valence-corrected chi connectivity index (χ1v) is 9.61. The summed E-state index contributed by atoms with van der Waals surface area (Å²) in [6.45, 7) is 1.58. The molecular formula is C21H33IN4O2. The number of nitrogens with one attached hydrogen (secondary N) is 2. The van der Waals surface area contributed by atoms with E-state index in [1.54, 1.807) is 26.1 Å². The molecule has 0 saturated carbocycles. The number of hydrogen-bond acceptors (Lipinski definition) is 3. The lowest BCUT2D eigenvalue weighted by Crippen LogP contribution is -2.43. The molecule has 0 radical (unpaired) electrons. The van der Waals surface area contributed by atoms with Crippen LogP contribution in [0.4, 0.5) is 0 Å². The van der Waals surface area contributed by atoms with Crippen molar-refractivity contribution in [3.05, 3.63) is 41.5 Å². The fourth-order valence-electron chi connectivity index (χ4n) is 2.87. The predicted octanol–water partition coefficient (Wildman–Crippen LogP) is 3.33. The maximum atomic E-state index is 11.9. The van der Waals surface area contributed by atoms with E-state index in [9.17, 15) is 4.79 Å². The number of carbonyl (C=O) groups is 1. The van der Waals surface area contributed by atoms with Crippen LogP contribution in [0.1, 0.15) is 37.7 Å². The Morgan fingerprint density at radius 3 is 2.54 bits per heavy atom. The van der Waals surface area contributed by atoms with Crippen LogP contribution in [0.5, 0.6) is 5.75 Å². The summed E-state index contributed by atoms with van der Waals surface area (Å²) in [5.74, 6) is 1.51. The first-order chi connectivity index (χ1) is 13.1. The minimum absolute atomic E-state index is 0. The van der Waals surface area contributed by atoms with E-state index in [1.807, 2.05) is 24.3 Å². The van der Waals surface area contributed by atoms with Crippen LogP contribution in [0.2, 0.25) is 0 Å². The molecule has 156 valence electrons. The Labute approximate surface area is 185 Å². The third-order valence-corrected chi connectivity index (χ3v) is 4.61. The molecule has 28 heavy (non-hydrogen) atoms. The second-order valence-corrected chi connectivity index (χ2v) is 6.94. The van der Waals surface area contributed by atoms with E-state index in [0.29, 0.717) is 12.5 Å². The number of likely N-dealkylation sites (N-methyl/N-ethyl adjacent to an activating group) is 1. The van der Waals surface area contributed by atoms with Gasteiger partial charge in [0.15, 0.2) is 5.96 Å². The number of carbonyl (C=O) groups excluding carboxylic acids is 1. The van der Waals surface area contributed by atoms with Gasteiger partial charge >= 0.3 is 0 Å². The number of rotatable bonds is 8. The zero-order chi connectivity index (χ0) is 19.5. The molecule has 0 fully saturated rings. The molecule has 0 saturated heterocycles. The molecule has 0 unspecified atom stereocenters. The van der Waals surface area contributed by atoms with Crippen molar-refractivity contribution in [3.63, 3.8) is 0 Å². The number of aliphatic imine (C=N–C) groups is 1. The van der Waals surface area contributed by atoms with Gasteiger partial charge in [-0.05, 0) is 49.8 Å². The smallest absolute Gasteiger partial charge is 0.241 e. The number of benzene rings is 1. The highest BCUT2D eigenvalue weighted by atomic mass is 127. The summed E-state index contributed by atoms with van der Waals surface area (Å²) >= 11 is 0. The van der Waals surface area contributed by atoms with Gasteiger partial charge in [-0.2, -0.15) is 0 Å². The number of nitrogens with zero attached hydrogens (tertiary/aromatic N) is 2. The maximum absolute atomic E-state index is 11.9. The summed E-state index contributed by atoms with van der Waals surface area (Å²) < 4.78 is 5.18. The van der Waals surface area contributed by atoms with Crippen molar-refractivity contribution in [2.45, 2.75) is 38.6 Å². The van der Waals surface area contributed by atoms with Crippen molar-refractivity contribution >= 4 is 35.8 Å². The molecule has 1 aromatic carbocycles. The molecule has 2 rings (SSSR count). The van der Waals surface area contributed by atoms with Gasteiger partial charge in [0, 0.05) is 20.6 Å². The highest BCUT2D eigenvalue weighted by Gasteiger charge is 2.07. The van der Waals surface area contributed by atoms with Gasteiger partial charge in [0.1, 0.15) is 5.75 Å². The van der Waals surface area contributed by atoms with Gasteiger partial charge in [-0.25, -0.2) is 4.99 Å². The van der Waals surface area contributed by atoms with Gasteiger partial charge < -0.3 is 20.3 Å². The van der Waals surface area contributed by atoms with Crippen LogP contribution < -0.4 is 15.4 Å². The van der Waals surface area contributed by atoms with Gasteiger partial charge in [-0.3, -0.25) is 4.79 Å². The largest absolute Gasteiger partial charge is 0.497 e. The first-order valence-electron chi connectivity index (χ1n) is 9.61. The van der Waals surface area contributed by atoms with Gasteiger partial charge in [0.2, 0.25) is 5.91 Å². The lowest BCUT2D eigenvalue weighted by Gasteiger charge is -2.16. The number of hydrogen-bond donors (Lipinski definition) is 2. The molecule has 1 amide bonds. The SMILES string of the molecule is COc1ccc(CN=C(NCCC2=CCCCC2)NCC(=O)N(C)C)cc1.I. The summed E-state index contributed by atoms with van der Waals surface area (Å²) in [6.07, 6.45) is 8.38. The fraction of sp³-hybridized carbons (Fsp3) is 0.524. The monoisotopic (exact) mass is 500 g/mol. The zero-order valence-electron chi connectivity index (χ0n) is 17.2. The Morgan fingerprint density at radius 2 is 1.93 bits per heavy atom. The summed E-state index contributed by atoms with van der Waals surface area (Å²) in [7, 11) is 5.16. The van der Waals surface area contributed by atoms with Gasteiger partial charge in [0.25, 0.3) is 0 Å². The highest BCUT2D eigenvalue weighted by Crippen LogP contribution is 2.19. The second-order valence-electron chi connectivity index (χ2n) is 6.94. The van der Waals surface area contributed by atoms with Crippen LogP contribution in [0, 0.1) is 0 Å². The average molecular weight is 500 g/mol. The number of methoxy groups -OCH3 is 1. The Kier molecular flexibility index (Phi) is 11.6. The lowest BCUT2D eigenvalue weighted by molar-refractivity contribution is -0.127. The molecule has 0 spiro atoms. The Morgan fingerprint density at radius 1 is 1.18 bits per heavy atom. The second kappa shape index (κ2) is 13.4. The van der Waals surface area contributed by atoms with Crippen molar-refractivity contribution in [1.29, 1.82) is 0 Å². The first kappa shape index (κ1) is 24.3. The highest BCUT2D eigenvalue weighted by molar-refractivity contribution is 14.0. The van der Waals surface area contributed by atoms with E-state index in [0.717, 1.165) is 24.3 Å². The third kappa shape index (κ3) is 8.95. The molecule has 0 aliphatic heterocycles. The van der Waals surface area contributed by atoms with Crippen molar-refractivity contribution < 1.29 is 9.53 Å². The molecule has 7 heteroatoms. The van der Waals surface area contributed by atoms with Crippen LogP contribution in [-0.2, 0) is 11.3 Å². The average Bonchev–Trinajstić information content (AvgIpc) is 2.70. The number of amides is 1. The van der Waals surface area contributed by atoms with Crippen LogP contribution in [0.15, 0.2) is 40.9 Å². The van der Waals surface area contributed by atoms with Gasteiger partial charge in [0.05, 0.1) is 20.2 Å². The molecule has 0 atom stereocenters. The Hall–Kier alpha value is -1.77. The molecule has 1 aliphatic rings. The standard InChI is InChI=1S/C21H32N4O2.HI/c1-25(2)20(26)16-24-21(22-14-13-17-7-5-4-6-8-17)23-15-18-9-11-19(27-3)12-10-18;/h7,9-12H,4-6,8,13-16H2,1-3H3,(H2,22,23,24);1H. The number of allylic oxidation sites excluding steroid dienone is 1. The molecule has 6 nitrogen and oxygen atoms in total. The van der Waals surface area contributed by atoms with E-state index >= 15 is 0 Å². The van der Waals surface area contributed by atoms with Crippen LogP contribution >= 0.6 is 24.0 Å². The predicted molar refractivity (Wildman–Crippen MR) is 125 cm³/mol. The molecule has 1 aromatic rings. The molecule has 0 bridgehead atoms. The van der Waals surface area contributed by atoms with E-state index in [4.69, 9.17) is 4.74 Å². The topological polar surface area (TPSA) is 66.0 Å². The number of halogens is 1. The number of guanidine groups is 1. The van der Waals surface area contributed by atoms with E-state index in [-0.39, 0.29) is 36.4 Å². The van der Waals surface area contributed by atoms with Crippen molar-refractivity contribution in [3.8, 4) is 5.75 Å². The van der Waals surface area contributed by atoms with Crippen molar-refractivity contribution in [1.82, 2.24) is 15.5 Å². The summed E-state index contributed by atoms with van der Waals surface area (Å²) in [5, 5.41) is 6.49. The quantitative estimate of drug-likeness (QED) is 0.249. The minimum Gasteiger partial charge on any atom is -0.497 e. The van der Waals surface area contributed by atoms with Gasteiger partial charge in [-0.1, -0.05) is 23.8 Å². The normalized spacial score (nSPS) is 13.8. The van der Waals surface area contributed by atoms with E-state index in [1.165, 1.54) is 31.3 Å². The summed E-state index contributed by atoms with van der Waals surface area (Å²) in [5.41, 5.74) is 2.61. The Bertz CT molecular complexity index is 657. The molecule has 2 N–H and O–H groups in total. The van der Waals surface area contributed by atoms with Crippen LogP contribution in [-0.4, -0.2) is 51.1 Å². The van der Waals surface area contributed by atoms with E-state index in [2.05, 4.69) is 21.7 Å². The van der Waals surface area contributed by atoms with Crippen molar-refractivity contribution in [2.24, 2.45) is 4.99 Å². The minimum atomic E-state index is 0. The summed E-state index contributed by atoms with van der Waals surface area (Å²) in [6, 6.07) is 7.85. The van der Waals surface area contributed by atoms with Crippen molar-refractivity contribution in [2.75, 3.05) is 34.3 Å². The zero-order valence-corrected chi connectivity index (χ0v) is 19.5. The number of ether oxygens (including phenoxy) is 1.